The van der Waals surface area contributed by atoms with Gasteiger partial charge in [-0.15, -0.1) is 0 Å². The summed E-state index contributed by atoms with van der Waals surface area (Å²) in [6.45, 7) is 9.08. The van der Waals surface area contributed by atoms with E-state index in [1.54, 1.807) is 20.8 Å². The molecule has 1 atom stereocenters. The Balaban J connectivity index is 4.49. The number of hydrogen-bond acceptors (Lipinski definition) is 3. The van der Waals surface area contributed by atoms with Crippen LogP contribution >= 0.6 is 0 Å². The third-order valence-electron chi connectivity index (χ3n) is 1.70. The predicted octanol–water partition coefficient (Wildman–Crippen LogP) is 2.01. The van der Waals surface area contributed by atoms with E-state index < -0.39 is 23.7 Å². The molecule has 0 aliphatic rings. The lowest BCUT2D eigenvalue weighted by Gasteiger charge is -2.24. The van der Waals surface area contributed by atoms with Gasteiger partial charge in [0.15, 0.2) is 0 Å². The summed E-state index contributed by atoms with van der Waals surface area (Å²) in [6.07, 6.45) is -0.780. The van der Waals surface area contributed by atoms with Gasteiger partial charge in [-0.05, 0) is 33.1 Å². The highest BCUT2D eigenvalue weighted by Gasteiger charge is 2.27. The third-order valence-corrected chi connectivity index (χ3v) is 1.70. The maximum absolute atomic E-state index is 11.7. The minimum Gasteiger partial charge on any atom is -0.465 e. The average molecular weight is 231 g/mol. The van der Waals surface area contributed by atoms with Crippen LogP contribution < -0.4 is 5.32 Å². The zero-order valence-electron chi connectivity index (χ0n) is 10.5. The van der Waals surface area contributed by atoms with Crippen molar-refractivity contribution < 1.29 is 19.4 Å². The highest BCUT2D eigenvalue weighted by molar-refractivity contribution is 5.80. The molecule has 0 aliphatic heterocycles. The predicted molar refractivity (Wildman–Crippen MR) is 60.2 cm³/mol. The summed E-state index contributed by atoms with van der Waals surface area (Å²) in [7, 11) is 0. The van der Waals surface area contributed by atoms with Crippen LogP contribution in [0.3, 0.4) is 0 Å². The molecule has 0 bridgehead atoms. The Hall–Kier alpha value is -1.26. The van der Waals surface area contributed by atoms with Gasteiger partial charge in [-0.2, -0.15) is 0 Å². The average Bonchev–Trinajstić information content (AvgIpc) is 1.97. The van der Waals surface area contributed by atoms with Gasteiger partial charge < -0.3 is 15.2 Å². The molecule has 16 heavy (non-hydrogen) atoms. The van der Waals surface area contributed by atoms with Crippen LogP contribution in [0.4, 0.5) is 4.79 Å². The molecule has 0 radical (unpaired) electrons. The Labute approximate surface area is 96.2 Å². The number of amides is 1. The monoisotopic (exact) mass is 231 g/mol. The van der Waals surface area contributed by atoms with Crippen molar-refractivity contribution in [3.8, 4) is 0 Å². The zero-order chi connectivity index (χ0) is 12.9. The van der Waals surface area contributed by atoms with Gasteiger partial charge in [-0.25, -0.2) is 9.59 Å². The molecule has 0 rings (SSSR count). The van der Waals surface area contributed by atoms with Crippen LogP contribution in [-0.2, 0) is 9.53 Å². The van der Waals surface area contributed by atoms with Gasteiger partial charge in [0.05, 0.1) is 0 Å². The highest BCUT2D eigenvalue weighted by atomic mass is 16.6. The standard InChI is InChI=1S/C11H21NO4/c1-7(2)6-8(12-10(14)15)9(13)16-11(3,4)5/h7-8,12H,6H2,1-5H3,(H,14,15)/t8-/m1/s1. The quantitative estimate of drug-likeness (QED) is 0.726. The first-order chi connectivity index (χ1) is 7.11. The second-order valence-corrected chi connectivity index (χ2v) is 5.17. The Bertz CT molecular complexity index is 255. The van der Waals surface area contributed by atoms with Gasteiger partial charge in [0.25, 0.3) is 0 Å². The number of nitrogens with one attached hydrogen (secondary N) is 1. The Morgan fingerprint density at radius 1 is 1.31 bits per heavy atom. The van der Waals surface area contributed by atoms with E-state index in [9.17, 15) is 9.59 Å². The van der Waals surface area contributed by atoms with Gasteiger partial charge in [-0.3, -0.25) is 0 Å². The number of carbonyl (C=O) groups is 2. The van der Waals surface area contributed by atoms with E-state index in [1.165, 1.54) is 0 Å². The van der Waals surface area contributed by atoms with Crippen LogP contribution in [-0.4, -0.2) is 28.8 Å². The lowest BCUT2D eigenvalue weighted by molar-refractivity contribution is -0.157. The topological polar surface area (TPSA) is 75.6 Å². The minimum absolute atomic E-state index is 0.212. The summed E-state index contributed by atoms with van der Waals surface area (Å²) in [5.74, 6) is -0.312. The van der Waals surface area contributed by atoms with Crippen molar-refractivity contribution in [1.82, 2.24) is 5.32 Å². The van der Waals surface area contributed by atoms with Crippen LogP contribution in [0.25, 0.3) is 0 Å². The van der Waals surface area contributed by atoms with E-state index >= 15 is 0 Å². The summed E-state index contributed by atoms with van der Waals surface area (Å²) in [4.78, 5) is 22.2. The van der Waals surface area contributed by atoms with Crippen molar-refractivity contribution in [2.45, 2.75) is 52.7 Å². The van der Waals surface area contributed by atoms with Crippen molar-refractivity contribution in [1.29, 1.82) is 0 Å². The molecule has 94 valence electrons. The fourth-order valence-corrected chi connectivity index (χ4v) is 1.21. The molecule has 0 heterocycles. The van der Waals surface area contributed by atoms with E-state index in [2.05, 4.69) is 5.32 Å². The molecular formula is C11H21NO4. The first-order valence-electron chi connectivity index (χ1n) is 5.34. The fraction of sp³-hybridized carbons (Fsp3) is 0.818. The van der Waals surface area contributed by atoms with Crippen LogP contribution in [0.15, 0.2) is 0 Å². The van der Waals surface area contributed by atoms with Crippen LogP contribution in [0, 0.1) is 5.92 Å². The molecule has 1 amide bonds. The normalized spacial score (nSPS) is 13.4. The summed E-state index contributed by atoms with van der Waals surface area (Å²) in [6, 6.07) is -0.795. The van der Waals surface area contributed by atoms with Crippen LogP contribution in [0.1, 0.15) is 41.0 Å². The number of carbonyl (C=O) groups excluding carboxylic acids is 1. The molecule has 0 spiro atoms. The molecule has 0 aliphatic carbocycles. The Kier molecular flexibility index (Phi) is 5.27. The largest absolute Gasteiger partial charge is 0.465 e. The zero-order valence-corrected chi connectivity index (χ0v) is 10.5. The summed E-state index contributed by atoms with van der Waals surface area (Å²) < 4.78 is 5.14. The second kappa shape index (κ2) is 5.72. The lowest BCUT2D eigenvalue weighted by atomic mass is 10.0. The third kappa shape index (κ3) is 7.09. The molecule has 5 heteroatoms. The molecule has 0 saturated carbocycles. The van der Waals surface area contributed by atoms with E-state index in [1.807, 2.05) is 13.8 Å². The minimum atomic E-state index is -1.21. The number of esters is 1. The van der Waals surface area contributed by atoms with Crippen molar-refractivity contribution in [3.05, 3.63) is 0 Å². The second-order valence-electron chi connectivity index (χ2n) is 5.17. The molecule has 0 saturated heterocycles. The molecule has 0 aromatic rings. The van der Waals surface area contributed by atoms with Gasteiger partial charge in [0, 0.05) is 0 Å². The Morgan fingerprint density at radius 2 is 1.81 bits per heavy atom. The molecule has 0 aromatic heterocycles. The number of carboxylic acid groups (broad SMARTS) is 1. The van der Waals surface area contributed by atoms with Gasteiger partial charge in [-0.1, -0.05) is 13.8 Å². The smallest absolute Gasteiger partial charge is 0.405 e. The molecule has 2 N–H and O–H groups in total. The van der Waals surface area contributed by atoms with Crippen molar-refractivity contribution >= 4 is 12.1 Å². The SMILES string of the molecule is CC(C)C[C@@H](NC(=O)O)C(=O)OC(C)(C)C. The maximum atomic E-state index is 11.7. The Morgan fingerprint density at radius 3 is 2.12 bits per heavy atom. The van der Waals surface area contributed by atoms with E-state index in [0.717, 1.165) is 0 Å². The summed E-state index contributed by atoms with van der Waals surface area (Å²) in [5, 5.41) is 10.8. The lowest BCUT2D eigenvalue weighted by Crippen LogP contribution is -2.44. The molecule has 0 fully saturated rings. The molecular weight excluding hydrogens is 210 g/mol. The van der Waals surface area contributed by atoms with Crippen LogP contribution in [0.5, 0.6) is 0 Å². The van der Waals surface area contributed by atoms with Crippen molar-refractivity contribution in [3.63, 3.8) is 0 Å². The first-order valence-corrected chi connectivity index (χ1v) is 5.34. The van der Waals surface area contributed by atoms with Gasteiger partial charge in [0.2, 0.25) is 0 Å². The van der Waals surface area contributed by atoms with Crippen molar-refractivity contribution in [2.75, 3.05) is 0 Å². The number of ether oxygens (including phenoxy) is 1. The van der Waals surface area contributed by atoms with Gasteiger partial charge in [0.1, 0.15) is 11.6 Å². The molecule has 0 aromatic carbocycles. The summed E-state index contributed by atoms with van der Waals surface area (Å²) >= 11 is 0. The fourth-order valence-electron chi connectivity index (χ4n) is 1.21. The van der Waals surface area contributed by atoms with E-state index in [4.69, 9.17) is 9.84 Å². The highest BCUT2D eigenvalue weighted by Crippen LogP contribution is 2.12. The first kappa shape index (κ1) is 14.7. The number of rotatable bonds is 4. The van der Waals surface area contributed by atoms with Crippen LogP contribution in [0.2, 0.25) is 0 Å². The van der Waals surface area contributed by atoms with E-state index in [0.29, 0.717) is 6.42 Å². The maximum Gasteiger partial charge on any atom is 0.405 e. The van der Waals surface area contributed by atoms with Gasteiger partial charge >= 0.3 is 12.1 Å². The summed E-state index contributed by atoms with van der Waals surface area (Å²) in [5.41, 5.74) is -0.605. The van der Waals surface area contributed by atoms with Crippen molar-refractivity contribution in [2.24, 2.45) is 5.92 Å². The molecule has 5 nitrogen and oxygen atoms in total. The van der Waals surface area contributed by atoms with E-state index in [-0.39, 0.29) is 5.92 Å². The molecule has 0 unspecified atom stereocenters. The number of hydrogen-bond donors (Lipinski definition) is 2.